The fourth-order valence-corrected chi connectivity index (χ4v) is 3.44. The van der Waals surface area contributed by atoms with Crippen molar-refractivity contribution in [2.45, 2.75) is 57.7 Å². The molecule has 9 nitrogen and oxygen atoms in total. The van der Waals surface area contributed by atoms with Crippen molar-refractivity contribution in [2.24, 2.45) is 5.92 Å². The standard InChI is InChI=1S/C22H32N4O5/c1-3-14(2)19(22(30)31)26-21(29)17(12-15-8-5-4-6-9-15)25-18(27)13-24-20(28)16-10-7-11-23-16/h4-6,8-9,14,16-17,19,23H,3,7,10-13H2,1-2H3,(H,24,28)(H,25,27)(H,26,29)(H,30,31). The number of nitrogens with one attached hydrogen (secondary N) is 4. The molecular formula is C22H32N4O5. The van der Waals surface area contributed by atoms with Crippen molar-refractivity contribution >= 4 is 23.7 Å². The molecule has 4 unspecified atom stereocenters. The van der Waals surface area contributed by atoms with Crippen LogP contribution >= 0.6 is 0 Å². The second kappa shape index (κ2) is 12.0. The number of aliphatic carboxylic acids is 1. The quantitative estimate of drug-likeness (QED) is 0.339. The van der Waals surface area contributed by atoms with E-state index in [9.17, 15) is 24.3 Å². The molecule has 3 amide bonds. The lowest BCUT2D eigenvalue weighted by Gasteiger charge is -2.24. The minimum atomic E-state index is -1.12. The average molecular weight is 433 g/mol. The van der Waals surface area contributed by atoms with Crippen LogP contribution in [0.5, 0.6) is 0 Å². The first-order chi connectivity index (χ1) is 14.8. The Morgan fingerprint density at radius 3 is 2.45 bits per heavy atom. The molecule has 1 heterocycles. The van der Waals surface area contributed by atoms with Crippen LogP contribution in [0.1, 0.15) is 38.7 Å². The molecule has 0 radical (unpaired) electrons. The van der Waals surface area contributed by atoms with Crippen molar-refractivity contribution in [1.29, 1.82) is 0 Å². The van der Waals surface area contributed by atoms with Gasteiger partial charge in [-0.25, -0.2) is 4.79 Å². The van der Waals surface area contributed by atoms with Gasteiger partial charge in [-0.15, -0.1) is 0 Å². The zero-order chi connectivity index (χ0) is 22.8. The Morgan fingerprint density at radius 2 is 1.87 bits per heavy atom. The number of hydrogen-bond donors (Lipinski definition) is 5. The van der Waals surface area contributed by atoms with Crippen LogP contribution in [0.2, 0.25) is 0 Å². The van der Waals surface area contributed by atoms with Crippen LogP contribution in [-0.4, -0.2) is 60.0 Å². The number of carboxylic acids is 1. The van der Waals surface area contributed by atoms with Crippen molar-refractivity contribution < 1.29 is 24.3 Å². The number of carboxylic acid groups (broad SMARTS) is 1. The van der Waals surface area contributed by atoms with Gasteiger partial charge in [-0.3, -0.25) is 14.4 Å². The lowest BCUT2D eigenvalue weighted by atomic mass is 9.98. The zero-order valence-corrected chi connectivity index (χ0v) is 18.0. The SMILES string of the molecule is CCC(C)C(NC(=O)C(Cc1ccccc1)NC(=O)CNC(=O)C1CCCN1)C(=O)O. The molecule has 4 atom stereocenters. The summed E-state index contributed by atoms with van der Waals surface area (Å²) in [5.41, 5.74) is 0.817. The lowest BCUT2D eigenvalue weighted by Crippen LogP contribution is -2.55. The van der Waals surface area contributed by atoms with Crippen LogP contribution in [0.4, 0.5) is 0 Å². The summed E-state index contributed by atoms with van der Waals surface area (Å²) in [4.78, 5) is 49.0. The number of carbonyl (C=O) groups excluding carboxylic acids is 3. The fraction of sp³-hybridized carbons (Fsp3) is 0.545. The molecular weight excluding hydrogens is 400 g/mol. The van der Waals surface area contributed by atoms with Crippen LogP contribution in [0.15, 0.2) is 30.3 Å². The second-order valence-corrected chi connectivity index (χ2v) is 7.89. The highest BCUT2D eigenvalue weighted by Crippen LogP contribution is 2.10. The summed E-state index contributed by atoms with van der Waals surface area (Å²) in [6, 6.07) is 6.80. The summed E-state index contributed by atoms with van der Waals surface area (Å²) in [5, 5.41) is 20.3. The first-order valence-corrected chi connectivity index (χ1v) is 10.7. The first kappa shape index (κ1) is 24.3. The van der Waals surface area contributed by atoms with Crippen molar-refractivity contribution in [3.8, 4) is 0 Å². The summed E-state index contributed by atoms with van der Waals surface area (Å²) in [6.45, 7) is 4.10. The Balaban J connectivity index is 2.02. The third kappa shape index (κ3) is 7.67. The van der Waals surface area contributed by atoms with Gasteiger partial charge in [0.2, 0.25) is 17.7 Å². The molecule has 0 spiro atoms. The van der Waals surface area contributed by atoms with Gasteiger partial charge >= 0.3 is 5.97 Å². The maximum absolute atomic E-state index is 12.9. The monoisotopic (exact) mass is 432 g/mol. The van der Waals surface area contributed by atoms with Gasteiger partial charge < -0.3 is 26.4 Å². The summed E-state index contributed by atoms with van der Waals surface area (Å²) in [6.07, 6.45) is 2.40. The number of rotatable bonds is 11. The van der Waals surface area contributed by atoms with Gasteiger partial charge in [0.15, 0.2) is 0 Å². The highest BCUT2D eigenvalue weighted by Gasteiger charge is 2.30. The minimum absolute atomic E-state index is 0.198. The first-order valence-electron chi connectivity index (χ1n) is 10.7. The number of hydrogen-bond acceptors (Lipinski definition) is 5. The van der Waals surface area contributed by atoms with E-state index in [1.54, 1.807) is 6.92 Å². The van der Waals surface area contributed by atoms with E-state index >= 15 is 0 Å². The summed E-state index contributed by atoms with van der Waals surface area (Å²) in [5.74, 6) is -2.73. The van der Waals surface area contributed by atoms with Gasteiger partial charge in [-0.1, -0.05) is 50.6 Å². The van der Waals surface area contributed by atoms with Gasteiger partial charge in [0, 0.05) is 6.42 Å². The molecule has 0 bridgehead atoms. The number of benzene rings is 1. The molecule has 1 aromatic rings. The Labute approximate surface area is 182 Å². The molecule has 1 aromatic carbocycles. The zero-order valence-electron chi connectivity index (χ0n) is 18.0. The van der Waals surface area contributed by atoms with E-state index in [4.69, 9.17) is 0 Å². The van der Waals surface area contributed by atoms with E-state index in [0.29, 0.717) is 6.42 Å². The average Bonchev–Trinajstić information content (AvgIpc) is 3.30. The second-order valence-electron chi connectivity index (χ2n) is 7.89. The van der Waals surface area contributed by atoms with E-state index < -0.39 is 29.9 Å². The van der Waals surface area contributed by atoms with Crippen LogP contribution in [0.3, 0.4) is 0 Å². The molecule has 1 aliphatic heterocycles. The molecule has 5 N–H and O–H groups in total. The molecule has 2 rings (SSSR count). The van der Waals surface area contributed by atoms with Gasteiger partial charge in [-0.2, -0.15) is 0 Å². The summed E-state index contributed by atoms with van der Waals surface area (Å²) < 4.78 is 0. The maximum atomic E-state index is 12.9. The van der Waals surface area contributed by atoms with Gasteiger partial charge in [-0.05, 0) is 30.9 Å². The lowest BCUT2D eigenvalue weighted by molar-refractivity contribution is -0.143. The molecule has 0 aliphatic carbocycles. The molecule has 170 valence electrons. The van der Waals surface area contributed by atoms with Crippen LogP contribution in [0.25, 0.3) is 0 Å². The molecule has 31 heavy (non-hydrogen) atoms. The molecule has 1 saturated heterocycles. The third-order valence-electron chi connectivity index (χ3n) is 5.51. The number of carbonyl (C=O) groups is 4. The van der Waals surface area contributed by atoms with E-state index in [2.05, 4.69) is 21.3 Å². The molecule has 1 aliphatic rings. The summed E-state index contributed by atoms with van der Waals surface area (Å²) in [7, 11) is 0. The smallest absolute Gasteiger partial charge is 0.326 e. The maximum Gasteiger partial charge on any atom is 0.326 e. The summed E-state index contributed by atoms with van der Waals surface area (Å²) >= 11 is 0. The third-order valence-corrected chi connectivity index (χ3v) is 5.51. The van der Waals surface area contributed by atoms with Crippen molar-refractivity contribution in [1.82, 2.24) is 21.3 Å². The van der Waals surface area contributed by atoms with E-state index in [-0.39, 0.29) is 30.8 Å². The molecule has 1 fully saturated rings. The van der Waals surface area contributed by atoms with Crippen LogP contribution in [0, 0.1) is 5.92 Å². The molecule has 9 heteroatoms. The van der Waals surface area contributed by atoms with Gasteiger partial charge in [0.1, 0.15) is 12.1 Å². The predicted octanol–water partition coefficient (Wildman–Crippen LogP) is 0.198. The number of amides is 3. The van der Waals surface area contributed by atoms with Gasteiger partial charge in [0.25, 0.3) is 0 Å². The Morgan fingerprint density at radius 1 is 1.16 bits per heavy atom. The normalized spacial score (nSPS) is 18.5. The van der Waals surface area contributed by atoms with E-state index in [1.165, 1.54) is 0 Å². The minimum Gasteiger partial charge on any atom is -0.480 e. The van der Waals surface area contributed by atoms with Crippen LogP contribution in [-0.2, 0) is 25.6 Å². The van der Waals surface area contributed by atoms with E-state index in [1.807, 2.05) is 37.3 Å². The van der Waals surface area contributed by atoms with Gasteiger partial charge in [0.05, 0.1) is 12.6 Å². The van der Waals surface area contributed by atoms with Crippen LogP contribution < -0.4 is 21.3 Å². The Bertz CT molecular complexity index is 764. The fourth-order valence-electron chi connectivity index (χ4n) is 3.44. The topological polar surface area (TPSA) is 137 Å². The largest absolute Gasteiger partial charge is 0.480 e. The van der Waals surface area contributed by atoms with Crippen molar-refractivity contribution in [3.05, 3.63) is 35.9 Å². The highest BCUT2D eigenvalue weighted by atomic mass is 16.4. The highest BCUT2D eigenvalue weighted by molar-refractivity contribution is 5.92. The Hall–Kier alpha value is -2.94. The molecule has 0 aromatic heterocycles. The van der Waals surface area contributed by atoms with Crippen molar-refractivity contribution in [2.75, 3.05) is 13.1 Å². The van der Waals surface area contributed by atoms with Crippen molar-refractivity contribution in [3.63, 3.8) is 0 Å². The molecule has 0 saturated carbocycles. The Kier molecular flexibility index (Phi) is 9.45. The predicted molar refractivity (Wildman–Crippen MR) is 115 cm³/mol. The van der Waals surface area contributed by atoms with E-state index in [0.717, 1.165) is 24.9 Å².